The van der Waals surface area contributed by atoms with Crippen molar-refractivity contribution in [3.8, 4) is 11.5 Å². The Morgan fingerprint density at radius 3 is 2.53 bits per heavy atom. The van der Waals surface area contributed by atoms with Gasteiger partial charge in [0.05, 0.1) is 20.8 Å². The number of rotatable bonds is 4. The number of benzene rings is 2. The normalized spacial score (nSPS) is 10.3. The van der Waals surface area contributed by atoms with Crippen LogP contribution in [0.1, 0.15) is 17.3 Å². The van der Waals surface area contributed by atoms with Gasteiger partial charge in [-0.1, -0.05) is 24.3 Å². The van der Waals surface area contributed by atoms with Crippen molar-refractivity contribution in [1.82, 2.24) is 0 Å². The maximum absolute atomic E-state index is 12.1. The molecule has 0 heterocycles. The zero-order valence-corrected chi connectivity index (χ0v) is 11.2. The highest BCUT2D eigenvalue weighted by Gasteiger charge is 2.22. The number of hydrogen-bond donors (Lipinski definition) is 0. The van der Waals surface area contributed by atoms with Crippen LogP contribution < -0.4 is 9.47 Å². The molecule has 0 fully saturated rings. The van der Waals surface area contributed by atoms with Gasteiger partial charge in [-0.3, -0.25) is 0 Å². The van der Waals surface area contributed by atoms with Gasteiger partial charge in [-0.05, 0) is 18.4 Å². The Bertz CT molecular complexity index is 604. The van der Waals surface area contributed by atoms with Crippen LogP contribution in [0, 0.1) is 0 Å². The number of hydrogen-bond acceptors (Lipinski definition) is 4. The van der Waals surface area contributed by atoms with E-state index in [9.17, 15) is 4.79 Å². The van der Waals surface area contributed by atoms with Crippen molar-refractivity contribution in [2.75, 3.05) is 20.8 Å². The summed E-state index contributed by atoms with van der Waals surface area (Å²) in [5.41, 5.74) is 0.325. The van der Waals surface area contributed by atoms with Crippen LogP contribution in [-0.2, 0) is 4.74 Å². The minimum absolute atomic E-state index is 0.304. The molecular formula is C15H16O4. The summed E-state index contributed by atoms with van der Waals surface area (Å²) in [6.45, 7) is 2.07. The van der Waals surface area contributed by atoms with Crippen LogP contribution in [0.25, 0.3) is 10.8 Å². The standard InChI is InChI=1S/C15H16O4/c1-4-19-15(16)13-12(17-2)9-10-7-5-6-8-11(10)14(13)18-3/h5-9H,4H2,1-3H3. The number of carbonyl (C=O) groups excluding carboxylic acids is 1. The quantitative estimate of drug-likeness (QED) is 0.793. The molecule has 0 unspecified atom stereocenters. The molecule has 0 saturated carbocycles. The van der Waals surface area contributed by atoms with Crippen molar-refractivity contribution in [3.63, 3.8) is 0 Å². The van der Waals surface area contributed by atoms with Crippen molar-refractivity contribution in [3.05, 3.63) is 35.9 Å². The third-order valence-electron chi connectivity index (χ3n) is 2.87. The van der Waals surface area contributed by atoms with E-state index in [1.54, 1.807) is 6.92 Å². The van der Waals surface area contributed by atoms with Gasteiger partial charge in [-0.25, -0.2) is 4.79 Å². The largest absolute Gasteiger partial charge is 0.496 e. The van der Waals surface area contributed by atoms with Gasteiger partial charge in [0.25, 0.3) is 0 Å². The van der Waals surface area contributed by atoms with Crippen LogP contribution in [0.2, 0.25) is 0 Å². The summed E-state index contributed by atoms with van der Waals surface area (Å²) in [6.07, 6.45) is 0. The molecule has 2 rings (SSSR count). The van der Waals surface area contributed by atoms with Crippen LogP contribution in [-0.4, -0.2) is 26.8 Å². The van der Waals surface area contributed by atoms with Crippen molar-refractivity contribution >= 4 is 16.7 Å². The van der Waals surface area contributed by atoms with Gasteiger partial charge < -0.3 is 14.2 Å². The molecule has 0 N–H and O–H groups in total. The lowest BCUT2D eigenvalue weighted by Gasteiger charge is -2.14. The summed E-state index contributed by atoms with van der Waals surface area (Å²) < 4.78 is 15.7. The Kier molecular flexibility index (Phi) is 3.90. The van der Waals surface area contributed by atoms with E-state index in [0.29, 0.717) is 23.7 Å². The highest BCUT2D eigenvalue weighted by Crippen LogP contribution is 2.37. The Hall–Kier alpha value is -2.23. The second kappa shape index (κ2) is 5.61. The first-order valence-corrected chi connectivity index (χ1v) is 6.03. The van der Waals surface area contributed by atoms with Crippen LogP contribution in [0.15, 0.2) is 30.3 Å². The van der Waals surface area contributed by atoms with E-state index in [4.69, 9.17) is 14.2 Å². The molecule has 0 atom stereocenters. The fourth-order valence-corrected chi connectivity index (χ4v) is 2.06. The smallest absolute Gasteiger partial charge is 0.345 e. The monoisotopic (exact) mass is 260 g/mol. The minimum Gasteiger partial charge on any atom is -0.496 e. The summed E-state index contributed by atoms with van der Waals surface area (Å²) in [6, 6.07) is 9.47. The van der Waals surface area contributed by atoms with E-state index in [1.165, 1.54) is 14.2 Å². The summed E-state index contributed by atoms with van der Waals surface area (Å²) in [5.74, 6) is 0.490. The lowest BCUT2D eigenvalue weighted by Crippen LogP contribution is -2.09. The highest BCUT2D eigenvalue weighted by molar-refractivity contribution is 6.04. The van der Waals surface area contributed by atoms with E-state index >= 15 is 0 Å². The maximum Gasteiger partial charge on any atom is 0.345 e. The number of methoxy groups -OCH3 is 2. The van der Waals surface area contributed by atoms with Gasteiger partial charge in [0.1, 0.15) is 17.1 Å². The first-order valence-electron chi connectivity index (χ1n) is 6.03. The fourth-order valence-electron chi connectivity index (χ4n) is 2.06. The van der Waals surface area contributed by atoms with Gasteiger partial charge in [0, 0.05) is 5.39 Å². The van der Waals surface area contributed by atoms with Crippen molar-refractivity contribution in [1.29, 1.82) is 0 Å². The Labute approximate surface area is 111 Å². The molecule has 0 spiro atoms. The lowest BCUT2D eigenvalue weighted by atomic mass is 10.0. The van der Waals surface area contributed by atoms with Gasteiger partial charge in [0.2, 0.25) is 0 Å². The topological polar surface area (TPSA) is 44.8 Å². The van der Waals surface area contributed by atoms with E-state index in [1.807, 2.05) is 30.3 Å². The lowest BCUT2D eigenvalue weighted by molar-refractivity contribution is 0.0519. The third kappa shape index (κ3) is 2.34. The minimum atomic E-state index is -0.443. The van der Waals surface area contributed by atoms with Crippen molar-refractivity contribution in [2.45, 2.75) is 6.92 Å². The average molecular weight is 260 g/mol. The van der Waals surface area contributed by atoms with E-state index in [0.717, 1.165) is 10.8 Å². The van der Waals surface area contributed by atoms with E-state index in [2.05, 4.69) is 0 Å². The van der Waals surface area contributed by atoms with Gasteiger partial charge in [-0.2, -0.15) is 0 Å². The van der Waals surface area contributed by atoms with Crippen molar-refractivity contribution < 1.29 is 19.0 Å². The first kappa shape index (κ1) is 13.2. The number of ether oxygens (including phenoxy) is 3. The molecule has 0 saturated heterocycles. The Morgan fingerprint density at radius 1 is 1.16 bits per heavy atom. The SMILES string of the molecule is CCOC(=O)c1c(OC)cc2ccccc2c1OC. The van der Waals surface area contributed by atoms with Gasteiger partial charge in [-0.15, -0.1) is 0 Å². The molecule has 0 aliphatic heterocycles. The van der Waals surface area contributed by atoms with Crippen LogP contribution in [0.4, 0.5) is 0 Å². The van der Waals surface area contributed by atoms with Gasteiger partial charge >= 0.3 is 5.97 Å². The molecule has 0 radical (unpaired) electrons. The Morgan fingerprint density at radius 2 is 1.89 bits per heavy atom. The zero-order chi connectivity index (χ0) is 13.8. The molecule has 0 bridgehead atoms. The molecule has 0 aliphatic rings. The molecular weight excluding hydrogens is 244 g/mol. The molecule has 19 heavy (non-hydrogen) atoms. The van der Waals surface area contributed by atoms with E-state index < -0.39 is 5.97 Å². The highest BCUT2D eigenvalue weighted by atomic mass is 16.5. The van der Waals surface area contributed by atoms with Crippen molar-refractivity contribution in [2.24, 2.45) is 0 Å². The second-order valence-corrected chi connectivity index (χ2v) is 3.93. The fraction of sp³-hybridized carbons (Fsp3) is 0.267. The Balaban J connectivity index is 2.75. The van der Waals surface area contributed by atoms with E-state index in [-0.39, 0.29) is 0 Å². The predicted octanol–water partition coefficient (Wildman–Crippen LogP) is 3.03. The molecule has 4 nitrogen and oxygen atoms in total. The molecule has 0 amide bonds. The molecule has 4 heteroatoms. The second-order valence-electron chi connectivity index (χ2n) is 3.93. The summed E-state index contributed by atoms with van der Waals surface area (Å²) in [4.78, 5) is 12.1. The first-order chi connectivity index (χ1) is 9.22. The predicted molar refractivity (Wildman–Crippen MR) is 73.0 cm³/mol. The third-order valence-corrected chi connectivity index (χ3v) is 2.87. The number of fused-ring (bicyclic) bond motifs is 1. The molecule has 2 aromatic carbocycles. The molecule has 100 valence electrons. The summed E-state index contributed by atoms with van der Waals surface area (Å²) >= 11 is 0. The average Bonchev–Trinajstić information content (AvgIpc) is 2.45. The van der Waals surface area contributed by atoms with Crippen LogP contribution in [0.5, 0.6) is 11.5 Å². The molecule has 0 aliphatic carbocycles. The zero-order valence-electron chi connectivity index (χ0n) is 11.2. The molecule has 2 aromatic rings. The maximum atomic E-state index is 12.1. The summed E-state index contributed by atoms with van der Waals surface area (Å²) in [7, 11) is 3.05. The van der Waals surface area contributed by atoms with Crippen LogP contribution in [0.3, 0.4) is 0 Å². The summed E-state index contributed by atoms with van der Waals surface area (Å²) in [5, 5.41) is 1.80. The van der Waals surface area contributed by atoms with Gasteiger partial charge in [0.15, 0.2) is 0 Å². The van der Waals surface area contributed by atoms with Crippen LogP contribution >= 0.6 is 0 Å². The number of esters is 1. The molecule has 0 aromatic heterocycles. The number of carbonyl (C=O) groups is 1.